The average molecular weight is 498 g/mol. The van der Waals surface area contributed by atoms with Crippen molar-refractivity contribution in [3.05, 3.63) is 98.9 Å². The van der Waals surface area contributed by atoms with Crippen LogP contribution in [0.1, 0.15) is 21.5 Å². The van der Waals surface area contributed by atoms with E-state index in [2.05, 4.69) is 10.6 Å². The van der Waals surface area contributed by atoms with Crippen molar-refractivity contribution in [2.24, 2.45) is 0 Å². The van der Waals surface area contributed by atoms with Crippen LogP contribution >= 0.6 is 23.2 Å². The van der Waals surface area contributed by atoms with E-state index >= 15 is 0 Å². The molecule has 3 aromatic carbocycles. The van der Waals surface area contributed by atoms with E-state index in [0.29, 0.717) is 22.6 Å². The van der Waals surface area contributed by atoms with Crippen LogP contribution in [-0.4, -0.2) is 17.7 Å². The minimum Gasteiger partial charge on any atom is -0.349 e. The van der Waals surface area contributed by atoms with Crippen molar-refractivity contribution in [2.45, 2.75) is 13.8 Å². The SMILES string of the molecule is Cc1ccc(N2C(=O)C(Cl)=C(Nc3cc(C(=O)Nc4ccc(F)c(Cl)c4)ccc3C)C2=O)cc1. The molecule has 3 amide bonds. The number of nitrogens with zero attached hydrogens (tertiary/aromatic N) is 1. The number of nitrogens with one attached hydrogen (secondary N) is 2. The van der Waals surface area contributed by atoms with Crippen LogP contribution in [0.2, 0.25) is 5.02 Å². The molecule has 1 aliphatic rings. The second-order valence-electron chi connectivity index (χ2n) is 7.71. The second kappa shape index (κ2) is 9.29. The van der Waals surface area contributed by atoms with E-state index in [4.69, 9.17) is 23.2 Å². The highest BCUT2D eigenvalue weighted by atomic mass is 35.5. The Kier molecular flexibility index (Phi) is 6.41. The molecule has 0 radical (unpaired) electrons. The summed E-state index contributed by atoms with van der Waals surface area (Å²) in [4.78, 5) is 39.4. The number of aryl methyl sites for hydroxylation is 2. The standard InChI is InChI=1S/C25H18Cl2FN3O3/c1-13-3-8-17(9-4-13)31-24(33)21(27)22(25(31)34)30-20-11-15(6-5-14(20)2)23(32)29-16-7-10-19(28)18(26)12-16/h3-12,30H,1-2H3,(H,29,32). The number of halogens is 3. The zero-order valence-electron chi connectivity index (χ0n) is 18.1. The Morgan fingerprint density at radius 1 is 0.912 bits per heavy atom. The highest BCUT2D eigenvalue weighted by Gasteiger charge is 2.39. The smallest absolute Gasteiger partial charge is 0.283 e. The lowest BCUT2D eigenvalue weighted by Crippen LogP contribution is -2.32. The van der Waals surface area contributed by atoms with Gasteiger partial charge < -0.3 is 10.6 Å². The topological polar surface area (TPSA) is 78.5 Å². The molecular weight excluding hydrogens is 480 g/mol. The molecule has 9 heteroatoms. The molecule has 0 bridgehead atoms. The lowest BCUT2D eigenvalue weighted by Gasteiger charge is -2.16. The maximum absolute atomic E-state index is 13.4. The molecule has 0 unspecified atom stereocenters. The molecular formula is C25H18Cl2FN3O3. The molecule has 6 nitrogen and oxygen atoms in total. The van der Waals surface area contributed by atoms with Crippen LogP contribution in [0.5, 0.6) is 0 Å². The third-order valence-corrected chi connectivity index (χ3v) is 5.90. The van der Waals surface area contributed by atoms with Crippen LogP contribution < -0.4 is 15.5 Å². The van der Waals surface area contributed by atoms with Gasteiger partial charge in [0.15, 0.2) is 0 Å². The number of hydrogen-bond donors (Lipinski definition) is 2. The Labute approximate surface area is 205 Å². The van der Waals surface area contributed by atoms with E-state index in [1.165, 1.54) is 18.2 Å². The van der Waals surface area contributed by atoms with Crippen molar-refractivity contribution in [1.29, 1.82) is 0 Å². The maximum Gasteiger partial charge on any atom is 0.283 e. The molecule has 3 aromatic rings. The third kappa shape index (κ3) is 4.53. The van der Waals surface area contributed by atoms with Gasteiger partial charge in [-0.05, 0) is 61.9 Å². The molecule has 2 N–H and O–H groups in total. The second-order valence-corrected chi connectivity index (χ2v) is 8.49. The first kappa shape index (κ1) is 23.5. The number of carbonyl (C=O) groups is 3. The molecule has 4 rings (SSSR count). The minimum absolute atomic E-state index is 0.0850. The Hall–Kier alpha value is -3.68. The number of hydrogen-bond acceptors (Lipinski definition) is 4. The van der Waals surface area contributed by atoms with Crippen LogP contribution in [0.4, 0.5) is 21.5 Å². The van der Waals surface area contributed by atoms with Gasteiger partial charge in [-0.2, -0.15) is 0 Å². The van der Waals surface area contributed by atoms with Gasteiger partial charge in [-0.25, -0.2) is 9.29 Å². The van der Waals surface area contributed by atoms with Crippen LogP contribution in [0.15, 0.2) is 71.4 Å². The summed E-state index contributed by atoms with van der Waals surface area (Å²) >= 11 is 12.0. The van der Waals surface area contributed by atoms with Crippen molar-refractivity contribution in [1.82, 2.24) is 0 Å². The van der Waals surface area contributed by atoms with Crippen LogP contribution in [-0.2, 0) is 9.59 Å². The Morgan fingerprint density at radius 2 is 1.62 bits per heavy atom. The van der Waals surface area contributed by atoms with Crippen LogP contribution in [0.25, 0.3) is 0 Å². The van der Waals surface area contributed by atoms with E-state index < -0.39 is 23.5 Å². The number of anilines is 3. The van der Waals surface area contributed by atoms with E-state index in [1.807, 2.05) is 6.92 Å². The largest absolute Gasteiger partial charge is 0.349 e. The zero-order valence-corrected chi connectivity index (χ0v) is 19.6. The van der Waals surface area contributed by atoms with E-state index in [1.54, 1.807) is 43.3 Å². The predicted molar refractivity (Wildman–Crippen MR) is 131 cm³/mol. The van der Waals surface area contributed by atoms with Crippen LogP contribution in [0.3, 0.4) is 0 Å². The first-order valence-corrected chi connectivity index (χ1v) is 10.9. The quantitative estimate of drug-likeness (QED) is 0.437. The van der Waals surface area contributed by atoms with Crippen molar-refractivity contribution in [3.8, 4) is 0 Å². The number of benzene rings is 3. The molecule has 0 spiro atoms. The maximum atomic E-state index is 13.4. The summed E-state index contributed by atoms with van der Waals surface area (Å²) in [5.74, 6) is -2.31. The number of carbonyl (C=O) groups excluding carboxylic acids is 3. The first-order chi connectivity index (χ1) is 16.2. The van der Waals surface area contributed by atoms with Gasteiger partial charge >= 0.3 is 0 Å². The minimum atomic E-state index is -0.641. The third-order valence-electron chi connectivity index (χ3n) is 5.26. The van der Waals surface area contributed by atoms with Gasteiger partial charge in [-0.15, -0.1) is 0 Å². The molecule has 0 aliphatic carbocycles. The Bertz CT molecular complexity index is 1370. The molecule has 0 saturated carbocycles. The van der Waals surface area contributed by atoms with E-state index in [0.717, 1.165) is 16.5 Å². The molecule has 1 aliphatic heterocycles. The number of rotatable bonds is 5. The summed E-state index contributed by atoms with van der Waals surface area (Å²) in [6.45, 7) is 3.67. The number of imide groups is 1. The fraction of sp³-hybridized carbons (Fsp3) is 0.0800. The fourth-order valence-corrected chi connectivity index (χ4v) is 3.74. The monoisotopic (exact) mass is 497 g/mol. The highest BCUT2D eigenvalue weighted by molar-refractivity contribution is 6.53. The molecule has 172 valence electrons. The van der Waals surface area contributed by atoms with Gasteiger partial charge in [0, 0.05) is 16.9 Å². The van der Waals surface area contributed by atoms with Crippen LogP contribution in [0, 0.1) is 19.7 Å². The molecule has 34 heavy (non-hydrogen) atoms. The molecule has 0 atom stereocenters. The highest BCUT2D eigenvalue weighted by Crippen LogP contribution is 2.31. The lowest BCUT2D eigenvalue weighted by molar-refractivity contribution is -0.120. The summed E-state index contributed by atoms with van der Waals surface area (Å²) in [5.41, 5.74) is 3.02. The first-order valence-electron chi connectivity index (χ1n) is 10.1. The zero-order chi connectivity index (χ0) is 24.6. The molecule has 0 aromatic heterocycles. The van der Waals surface area contributed by atoms with E-state index in [-0.39, 0.29) is 21.3 Å². The van der Waals surface area contributed by atoms with Gasteiger partial charge in [0.2, 0.25) is 0 Å². The summed E-state index contributed by atoms with van der Waals surface area (Å²) in [5, 5.41) is 5.18. The molecule has 1 heterocycles. The summed E-state index contributed by atoms with van der Waals surface area (Å²) in [7, 11) is 0. The lowest BCUT2D eigenvalue weighted by atomic mass is 10.1. The van der Waals surface area contributed by atoms with Crippen molar-refractivity contribution in [3.63, 3.8) is 0 Å². The van der Waals surface area contributed by atoms with Gasteiger partial charge in [-0.3, -0.25) is 14.4 Å². The van der Waals surface area contributed by atoms with Gasteiger partial charge in [0.1, 0.15) is 16.5 Å². The van der Waals surface area contributed by atoms with Gasteiger partial charge in [-0.1, -0.05) is 47.0 Å². The van der Waals surface area contributed by atoms with Crippen molar-refractivity contribution in [2.75, 3.05) is 15.5 Å². The molecule has 0 saturated heterocycles. The average Bonchev–Trinajstić information content (AvgIpc) is 3.01. The summed E-state index contributed by atoms with van der Waals surface area (Å²) in [6, 6.07) is 15.5. The fourth-order valence-electron chi connectivity index (χ4n) is 3.35. The van der Waals surface area contributed by atoms with Crippen molar-refractivity contribution < 1.29 is 18.8 Å². The Balaban J connectivity index is 1.58. The van der Waals surface area contributed by atoms with Crippen molar-refractivity contribution >= 4 is 58.0 Å². The molecule has 0 fully saturated rings. The van der Waals surface area contributed by atoms with Gasteiger partial charge in [0.25, 0.3) is 17.7 Å². The summed E-state index contributed by atoms with van der Waals surface area (Å²) < 4.78 is 13.4. The van der Waals surface area contributed by atoms with E-state index in [9.17, 15) is 18.8 Å². The summed E-state index contributed by atoms with van der Waals surface area (Å²) in [6.07, 6.45) is 0. The Morgan fingerprint density at radius 3 is 2.29 bits per heavy atom. The normalized spacial score (nSPS) is 13.5. The number of amides is 3. The van der Waals surface area contributed by atoms with Gasteiger partial charge in [0.05, 0.1) is 10.7 Å². The predicted octanol–water partition coefficient (Wildman–Crippen LogP) is 5.78.